The lowest BCUT2D eigenvalue weighted by atomic mass is 9.99. The quantitative estimate of drug-likeness (QED) is 0.544. The number of pyridine rings is 1. The Morgan fingerprint density at radius 3 is 2.87 bits per heavy atom. The molecule has 0 bridgehead atoms. The summed E-state index contributed by atoms with van der Waals surface area (Å²) >= 11 is 0. The minimum absolute atomic E-state index is 0.0460. The number of amides is 1. The summed E-state index contributed by atoms with van der Waals surface area (Å²) in [7, 11) is 0. The van der Waals surface area contributed by atoms with E-state index in [1.165, 1.54) is 13.8 Å². The van der Waals surface area contributed by atoms with Gasteiger partial charge in [0.05, 0.1) is 28.9 Å². The van der Waals surface area contributed by atoms with Gasteiger partial charge in [-0.25, -0.2) is 18.9 Å². The van der Waals surface area contributed by atoms with E-state index >= 15 is 0 Å². The highest BCUT2D eigenvalue weighted by molar-refractivity contribution is 5.93. The number of carbonyl (C=O) groups is 1. The van der Waals surface area contributed by atoms with Gasteiger partial charge in [0.15, 0.2) is 5.67 Å². The van der Waals surface area contributed by atoms with Gasteiger partial charge in [-0.05, 0) is 45.4 Å². The summed E-state index contributed by atoms with van der Waals surface area (Å²) in [4.78, 5) is 27.0. The van der Waals surface area contributed by atoms with E-state index in [0.29, 0.717) is 24.4 Å². The molecule has 0 saturated heterocycles. The summed E-state index contributed by atoms with van der Waals surface area (Å²) in [6.07, 6.45) is 4.14. The van der Waals surface area contributed by atoms with E-state index < -0.39 is 11.7 Å². The number of oxazole rings is 1. The van der Waals surface area contributed by atoms with Crippen LogP contribution in [0.5, 0.6) is 0 Å². The van der Waals surface area contributed by atoms with Crippen molar-refractivity contribution < 1.29 is 13.6 Å². The third-order valence-electron chi connectivity index (χ3n) is 5.70. The molecule has 0 aromatic carbocycles. The minimum Gasteiger partial charge on any atom is -0.432 e. The zero-order chi connectivity index (χ0) is 21.9. The van der Waals surface area contributed by atoms with E-state index in [0.717, 1.165) is 22.5 Å². The number of hydrogen-bond acceptors (Lipinski definition) is 5. The van der Waals surface area contributed by atoms with Crippen molar-refractivity contribution in [3.05, 3.63) is 70.7 Å². The van der Waals surface area contributed by atoms with E-state index in [1.54, 1.807) is 22.7 Å². The number of fused-ring (bicyclic) bond motifs is 2. The number of imidazole rings is 1. The van der Waals surface area contributed by atoms with E-state index in [4.69, 9.17) is 9.52 Å². The van der Waals surface area contributed by atoms with Gasteiger partial charge in [-0.15, -0.1) is 0 Å². The van der Waals surface area contributed by atoms with Crippen molar-refractivity contribution in [2.24, 2.45) is 0 Å². The Morgan fingerprint density at radius 1 is 1.35 bits per heavy atom. The Morgan fingerprint density at radius 2 is 2.16 bits per heavy atom. The van der Waals surface area contributed by atoms with Crippen LogP contribution in [0.2, 0.25) is 0 Å². The SMILES string of the molecule is Cc1nc(C(C)(C)F)oc1C(=O)N1CCc2[nH]cnc2[C@@H]1c1cc2c(C)cccn2n1. The van der Waals surface area contributed by atoms with Gasteiger partial charge in [0.2, 0.25) is 11.7 Å². The summed E-state index contributed by atoms with van der Waals surface area (Å²) in [5.41, 5.74) is 3.07. The first-order chi connectivity index (χ1) is 14.7. The highest BCUT2D eigenvalue weighted by Gasteiger charge is 2.39. The summed E-state index contributed by atoms with van der Waals surface area (Å²) in [6.45, 7) is 6.82. The van der Waals surface area contributed by atoms with Gasteiger partial charge in [0.25, 0.3) is 5.91 Å². The van der Waals surface area contributed by atoms with Crippen LogP contribution >= 0.6 is 0 Å². The maximum Gasteiger partial charge on any atom is 0.292 e. The molecule has 1 amide bonds. The molecule has 0 aliphatic carbocycles. The number of nitrogens with one attached hydrogen (secondary N) is 1. The zero-order valence-corrected chi connectivity index (χ0v) is 17.8. The molecule has 4 aromatic rings. The number of hydrogen-bond donors (Lipinski definition) is 1. The summed E-state index contributed by atoms with van der Waals surface area (Å²) in [5.74, 6) is -0.414. The second-order valence-corrected chi connectivity index (χ2v) is 8.41. The Bertz CT molecular complexity index is 1300. The molecule has 5 heterocycles. The molecule has 1 N–H and O–H groups in total. The molecule has 9 heteroatoms. The van der Waals surface area contributed by atoms with Crippen molar-refractivity contribution in [2.75, 3.05) is 6.54 Å². The Labute approximate surface area is 178 Å². The number of halogens is 1. The van der Waals surface area contributed by atoms with Crippen LogP contribution in [-0.2, 0) is 12.1 Å². The second kappa shape index (κ2) is 6.76. The van der Waals surface area contributed by atoms with Crippen molar-refractivity contribution in [3.63, 3.8) is 0 Å². The average molecular weight is 422 g/mol. The third-order valence-corrected chi connectivity index (χ3v) is 5.70. The van der Waals surface area contributed by atoms with Gasteiger partial charge in [-0.1, -0.05) is 6.07 Å². The molecule has 0 unspecified atom stereocenters. The minimum atomic E-state index is -1.78. The molecular formula is C22H23FN6O2. The lowest BCUT2D eigenvalue weighted by Crippen LogP contribution is -2.41. The van der Waals surface area contributed by atoms with E-state index in [9.17, 15) is 9.18 Å². The largest absolute Gasteiger partial charge is 0.432 e. The highest BCUT2D eigenvalue weighted by atomic mass is 19.1. The highest BCUT2D eigenvalue weighted by Crippen LogP contribution is 2.35. The predicted octanol–water partition coefficient (Wildman–Crippen LogP) is 3.65. The molecule has 0 radical (unpaired) electrons. The molecule has 5 rings (SSSR count). The second-order valence-electron chi connectivity index (χ2n) is 8.41. The Hall–Kier alpha value is -3.49. The van der Waals surface area contributed by atoms with Crippen LogP contribution in [0.1, 0.15) is 64.7 Å². The fraction of sp³-hybridized carbons (Fsp3) is 0.364. The van der Waals surface area contributed by atoms with Crippen LogP contribution in [0.15, 0.2) is 35.1 Å². The lowest BCUT2D eigenvalue weighted by molar-refractivity contribution is 0.0642. The fourth-order valence-corrected chi connectivity index (χ4v) is 4.08. The Kier molecular flexibility index (Phi) is 4.25. The summed E-state index contributed by atoms with van der Waals surface area (Å²) in [5, 5.41) is 4.73. The topological polar surface area (TPSA) is 92.3 Å². The van der Waals surface area contributed by atoms with Gasteiger partial charge >= 0.3 is 0 Å². The molecule has 31 heavy (non-hydrogen) atoms. The van der Waals surface area contributed by atoms with Gasteiger partial charge in [0.1, 0.15) is 6.04 Å². The molecular weight excluding hydrogens is 399 g/mol. The number of aryl methyl sites for hydroxylation is 2. The zero-order valence-electron chi connectivity index (χ0n) is 17.8. The molecule has 1 atom stereocenters. The van der Waals surface area contributed by atoms with Crippen molar-refractivity contribution in [3.8, 4) is 0 Å². The molecule has 160 valence electrons. The van der Waals surface area contributed by atoms with Crippen LogP contribution in [0.4, 0.5) is 4.39 Å². The third kappa shape index (κ3) is 3.11. The van der Waals surface area contributed by atoms with Crippen molar-refractivity contribution in [1.82, 2.24) is 29.5 Å². The van der Waals surface area contributed by atoms with Gasteiger partial charge in [-0.3, -0.25) is 4.79 Å². The maximum absolute atomic E-state index is 14.4. The molecule has 1 aliphatic heterocycles. The molecule has 0 saturated carbocycles. The normalized spacial score (nSPS) is 16.7. The van der Waals surface area contributed by atoms with Gasteiger partial charge in [-0.2, -0.15) is 5.10 Å². The lowest BCUT2D eigenvalue weighted by Gasteiger charge is -2.33. The van der Waals surface area contributed by atoms with Crippen molar-refractivity contribution in [1.29, 1.82) is 0 Å². The van der Waals surface area contributed by atoms with E-state index in [2.05, 4.69) is 15.0 Å². The number of carbonyl (C=O) groups excluding carboxylic acids is 1. The first-order valence-electron chi connectivity index (χ1n) is 10.2. The van der Waals surface area contributed by atoms with Gasteiger partial charge < -0.3 is 14.3 Å². The average Bonchev–Trinajstić information content (AvgIpc) is 3.44. The molecule has 1 aliphatic rings. The smallest absolute Gasteiger partial charge is 0.292 e. The van der Waals surface area contributed by atoms with Crippen LogP contribution in [0.25, 0.3) is 5.52 Å². The molecule has 4 aromatic heterocycles. The molecule has 0 spiro atoms. The summed E-state index contributed by atoms with van der Waals surface area (Å²) in [6, 6.07) is 5.44. The van der Waals surface area contributed by atoms with Crippen molar-refractivity contribution in [2.45, 2.75) is 45.8 Å². The number of aromatic amines is 1. The van der Waals surface area contributed by atoms with Crippen LogP contribution in [-0.4, -0.2) is 41.9 Å². The van der Waals surface area contributed by atoms with E-state index in [-0.39, 0.29) is 17.6 Å². The fourth-order valence-electron chi connectivity index (χ4n) is 4.08. The number of alkyl halides is 1. The van der Waals surface area contributed by atoms with E-state index in [1.807, 2.05) is 31.3 Å². The number of H-pyrrole nitrogens is 1. The first kappa shape index (κ1) is 19.5. The number of rotatable bonds is 3. The van der Waals surface area contributed by atoms with Crippen LogP contribution in [0, 0.1) is 13.8 Å². The predicted molar refractivity (Wildman–Crippen MR) is 110 cm³/mol. The molecule has 8 nitrogen and oxygen atoms in total. The summed E-state index contributed by atoms with van der Waals surface area (Å²) < 4.78 is 21.8. The molecule has 0 fully saturated rings. The van der Waals surface area contributed by atoms with Crippen LogP contribution < -0.4 is 0 Å². The number of nitrogens with zero attached hydrogens (tertiary/aromatic N) is 5. The Balaban J connectivity index is 1.61. The maximum atomic E-state index is 14.4. The first-order valence-corrected chi connectivity index (χ1v) is 10.2. The standard InChI is InChI=1S/C22H23FN6O2/c1-12-6-5-8-29-16(12)10-15(27-29)18-17-14(24-11-25-17)7-9-28(18)20(30)19-13(2)26-21(31-19)22(3,4)23/h5-6,8,10-11,18H,7,9H2,1-4H3,(H,24,25)/t18-/m0/s1. The van der Waals surface area contributed by atoms with Gasteiger partial charge in [0, 0.05) is 24.9 Å². The monoisotopic (exact) mass is 422 g/mol. The number of aromatic nitrogens is 5. The van der Waals surface area contributed by atoms with Crippen LogP contribution in [0.3, 0.4) is 0 Å². The van der Waals surface area contributed by atoms with Crippen molar-refractivity contribution >= 4 is 11.4 Å².